The molecule has 1 aromatic carbocycles. The highest BCUT2D eigenvalue weighted by atomic mass is 32.2. The summed E-state index contributed by atoms with van der Waals surface area (Å²) < 4.78 is 11.4. The average molecular weight is 293 g/mol. The maximum atomic E-state index is 11.3. The highest BCUT2D eigenvalue weighted by molar-refractivity contribution is 8.00. The zero-order valence-corrected chi connectivity index (χ0v) is 12.4. The molecule has 0 saturated carbocycles. The first-order valence-corrected chi connectivity index (χ1v) is 8.04. The van der Waals surface area contributed by atoms with Crippen molar-refractivity contribution in [3.63, 3.8) is 0 Å². The SMILES string of the molecule is COc1ccc(C2CNC(=O)C2)cc1OC1CCCS1. The maximum Gasteiger partial charge on any atom is 0.220 e. The van der Waals surface area contributed by atoms with E-state index >= 15 is 0 Å². The van der Waals surface area contributed by atoms with Crippen molar-refractivity contribution in [2.45, 2.75) is 30.6 Å². The molecule has 3 rings (SSSR count). The van der Waals surface area contributed by atoms with E-state index in [1.54, 1.807) is 7.11 Å². The minimum atomic E-state index is 0.125. The molecule has 2 heterocycles. The fourth-order valence-corrected chi connectivity index (χ4v) is 3.76. The van der Waals surface area contributed by atoms with Crippen LogP contribution in [0.3, 0.4) is 0 Å². The minimum Gasteiger partial charge on any atom is -0.493 e. The molecule has 4 nitrogen and oxygen atoms in total. The van der Waals surface area contributed by atoms with E-state index in [2.05, 4.69) is 5.32 Å². The van der Waals surface area contributed by atoms with Gasteiger partial charge in [-0.25, -0.2) is 0 Å². The molecular weight excluding hydrogens is 274 g/mol. The smallest absolute Gasteiger partial charge is 0.220 e. The molecule has 5 heteroatoms. The topological polar surface area (TPSA) is 47.6 Å². The lowest BCUT2D eigenvalue weighted by Crippen LogP contribution is -2.13. The van der Waals surface area contributed by atoms with Crippen molar-refractivity contribution in [3.8, 4) is 11.5 Å². The highest BCUT2D eigenvalue weighted by Gasteiger charge is 2.25. The van der Waals surface area contributed by atoms with Crippen LogP contribution in [0.25, 0.3) is 0 Å². The second-order valence-corrected chi connectivity index (χ2v) is 6.44. The van der Waals surface area contributed by atoms with Gasteiger partial charge in [0.05, 0.1) is 7.11 Å². The van der Waals surface area contributed by atoms with E-state index in [1.807, 2.05) is 30.0 Å². The van der Waals surface area contributed by atoms with Crippen LogP contribution in [0.1, 0.15) is 30.7 Å². The van der Waals surface area contributed by atoms with Gasteiger partial charge < -0.3 is 14.8 Å². The Bertz CT molecular complexity index is 500. The standard InChI is InChI=1S/C15H19NO3S/c1-18-12-5-4-10(11-8-14(17)16-9-11)7-13(12)19-15-3-2-6-20-15/h4-5,7,11,15H,2-3,6,8-9H2,1H3,(H,16,17). The number of carbonyl (C=O) groups is 1. The Morgan fingerprint density at radius 1 is 1.35 bits per heavy atom. The monoisotopic (exact) mass is 293 g/mol. The van der Waals surface area contributed by atoms with Crippen molar-refractivity contribution < 1.29 is 14.3 Å². The molecule has 2 aliphatic heterocycles. The number of benzene rings is 1. The fourth-order valence-electron chi connectivity index (χ4n) is 2.66. The third kappa shape index (κ3) is 2.87. The van der Waals surface area contributed by atoms with Crippen molar-refractivity contribution >= 4 is 17.7 Å². The second-order valence-electron chi connectivity index (χ2n) is 5.18. The van der Waals surface area contributed by atoms with Crippen molar-refractivity contribution in [3.05, 3.63) is 23.8 Å². The van der Waals surface area contributed by atoms with Gasteiger partial charge in [0.1, 0.15) is 5.44 Å². The van der Waals surface area contributed by atoms with Crippen LogP contribution in [0.15, 0.2) is 18.2 Å². The number of amides is 1. The van der Waals surface area contributed by atoms with Gasteiger partial charge in [-0.05, 0) is 36.3 Å². The molecule has 1 N–H and O–H groups in total. The molecule has 2 unspecified atom stereocenters. The minimum absolute atomic E-state index is 0.125. The Labute approximate surface area is 123 Å². The number of thioether (sulfide) groups is 1. The van der Waals surface area contributed by atoms with Gasteiger partial charge in [0.2, 0.25) is 5.91 Å². The lowest BCUT2D eigenvalue weighted by atomic mass is 9.98. The summed E-state index contributed by atoms with van der Waals surface area (Å²) in [6.07, 6.45) is 2.85. The number of methoxy groups -OCH3 is 1. The summed E-state index contributed by atoms with van der Waals surface area (Å²) in [5.41, 5.74) is 1.37. The molecule has 20 heavy (non-hydrogen) atoms. The lowest BCUT2D eigenvalue weighted by Gasteiger charge is -2.17. The van der Waals surface area contributed by atoms with Crippen molar-refractivity contribution in [2.24, 2.45) is 0 Å². The quantitative estimate of drug-likeness (QED) is 0.926. The van der Waals surface area contributed by atoms with Crippen LogP contribution in [0.5, 0.6) is 11.5 Å². The Kier molecular flexibility index (Phi) is 4.05. The van der Waals surface area contributed by atoms with E-state index in [9.17, 15) is 4.79 Å². The molecule has 2 fully saturated rings. The number of hydrogen-bond donors (Lipinski definition) is 1. The summed E-state index contributed by atoms with van der Waals surface area (Å²) >= 11 is 1.85. The molecule has 0 aromatic heterocycles. The second kappa shape index (κ2) is 5.95. The van der Waals surface area contributed by atoms with E-state index in [0.29, 0.717) is 13.0 Å². The number of carbonyl (C=O) groups excluding carboxylic acids is 1. The third-order valence-electron chi connectivity index (χ3n) is 3.78. The van der Waals surface area contributed by atoms with Crippen LogP contribution in [0, 0.1) is 0 Å². The summed E-state index contributed by atoms with van der Waals surface area (Å²) in [5, 5.41) is 2.87. The summed E-state index contributed by atoms with van der Waals surface area (Å²) in [4.78, 5) is 11.3. The highest BCUT2D eigenvalue weighted by Crippen LogP contribution is 2.37. The normalized spacial score (nSPS) is 25.6. The Balaban J connectivity index is 1.80. The van der Waals surface area contributed by atoms with Crippen LogP contribution < -0.4 is 14.8 Å². The van der Waals surface area contributed by atoms with Gasteiger partial charge >= 0.3 is 0 Å². The van der Waals surface area contributed by atoms with Crippen LogP contribution >= 0.6 is 11.8 Å². The van der Waals surface area contributed by atoms with E-state index in [-0.39, 0.29) is 17.3 Å². The van der Waals surface area contributed by atoms with E-state index < -0.39 is 0 Å². The summed E-state index contributed by atoms with van der Waals surface area (Å²) in [7, 11) is 1.66. The first-order valence-electron chi connectivity index (χ1n) is 6.99. The predicted molar refractivity (Wildman–Crippen MR) is 79.5 cm³/mol. The molecule has 1 aromatic rings. The maximum absolute atomic E-state index is 11.3. The van der Waals surface area contributed by atoms with Gasteiger partial charge in [-0.1, -0.05) is 6.07 Å². The Morgan fingerprint density at radius 2 is 2.25 bits per heavy atom. The molecule has 2 atom stereocenters. The van der Waals surface area contributed by atoms with Gasteiger partial charge in [0.25, 0.3) is 0 Å². The third-order valence-corrected chi connectivity index (χ3v) is 5.01. The molecule has 2 aliphatic rings. The largest absolute Gasteiger partial charge is 0.493 e. The van der Waals surface area contributed by atoms with Crippen LogP contribution in [-0.2, 0) is 4.79 Å². The molecule has 108 valence electrons. The molecule has 0 radical (unpaired) electrons. The van der Waals surface area contributed by atoms with Gasteiger partial charge in [-0.15, -0.1) is 11.8 Å². The first-order chi connectivity index (χ1) is 9.76. The molecule has 0 aliphatic carbocycles. The van der Waals surface area contributed by atoms with E-state index in [4.69, 9.17) is 9.47 Å². The zero-order chi connectivity index (χ0) is 13.9. The Hall–Kier alpha value is -1.36. The lowest BCUT2D eigenvalue weighted by molar-refractivity contribution is -0.119. The number of nitrogens with one attached hydrogen (secondary N) is 1. The van der Waals surface area contributed by atoms with Crippen LogP contribution in [0.2, 0.25) is 0 Å². The first kappa shape index (κ1) is 13.6. The molecule has 0 spiro atoms. The summed E-state index contributed by atoms with van der Waals surface area (Å²) in [5.74, 6) is 3.09. The van der Waals surface area contributed by atoms with E-state index in [0.717, 1.165) is 29.2 Å². The molecule has 1 amide bonds. The number of rotatable bonds is 4. The number of hydrogen-bond acceptors (Lipinski definition) is 4. The van der Waals surface area contributed by atoms with Gasteiger partial charge in [-0.3, -0.25) is 4.79 Å². The molecule has 2 saturated heterocycles. The predicted octanol–water partition coefficient (Wildman–Crippen LogP) is 2.53. The van der Waals surface area contributed by atoms with Gasteiger partial charge in [0.15, 0.2) is 11.5 Å². The number of ether oxygens (including phenoxy) is 2. The average Bonchev–Trinajstić information content (AvgIpc) is 3.10. The molecule has 0 bridgehead atoms. The Morgan fingerprint density at radius 3 is 2.90 bits per heavy atom. The van der Waals surface area contributed by atoms with Crippen molar-refractivity contribution in [1.82, 2.24) is 5.32 Å². The van der Waals surface area contributed by atoms with Gasteiger partial charge in [0, 0.05) is 18.9 Å². The van der Waals surface area contributed by atoms with E-state index in [1.165, 1.54) is 6.42 Å². The fraction of sp³-hybridized carbons (Fsp3) is 0.533. The molecular formula is C15H19NO3S. The van der Waals surface area contributed by atoms with Crippen LogP contribution in [0.4, 0.5) is 0 Å². The van der Waals surface area contributed by atoms with Crippen molar-refractivity contribution in [1.29, 1.82) is 0 Å². The zero-order valence-electron chi connectivity index (χ0n) is 11.6. The summed E-state index contributed by atoms with van der Waals surface area (Å²) in [6.45, 7) is 0.711. The van der Waals surface area contributed by atoms with Crippen molar-refractivity contribution in [2.75, 3.05) is 19.4 Å². The summed E-state index contributed by atoms with van der Waals surface area (Å²) in [6, 6.07) is 5.99. The van der Waals surface area contributed by atoms with Gasteiger partial charge in [-0.2, -0.15) is 0 Å². The van der Waals surface area contributed by atoms with Crippen LogP contribution in [-0.4, -0.2) is 30.8 Å².